The minimum atomic E-state index is 0.00199. The normalized spacial score (nSPS) is 14.2. The van der Waals surface area contributed by atoms with Crippen molar-refractivity contribution < 1.29 is 13.9 Å². The van der Waals surface area contributed by atoms with Gasteiger partial charge in [-0.3, -0.25) is 4.79 Å². The largest absolute Gasteiger partial charge is 0.484 e. The Labute approximate surface area is 163 Å². The number of furan rings is 1. The molecule has 2 aromatic heterocycles. The molecule has 1 aliphatic rings. The molecule has 7 nitrogen and oxygen atoms in total. The van der Waals surface area contributed by atoms with Gasteiger partial charge in [-0.25, -0.2) is 0 Å². The molecule has 1 aromatic carbocycles. The highest BCUT2D eigenvalue weighted by atomic mass is 16.5. The third kappa shape index (κ3) is 3.98. The Hall–Kier alpha value is -3.35. The summed E-state index contributed by atoms with van der Waals surface area (Å²) in [6, 6.07) is 15.2. The van der Waals surface area contributed by atoms with E-state index in [1.165, 1.54) is 0 Å². The predicted molar refractivity (Wildman–Crippen MR) is 105 cm³/mol. The summed E-state index contributed by atoms with van der Waals surface area (Å²) in [5, 5.41) is 8.54. The fourth-order valence-electron chi connectivity index (χ4n) is 3.18. The number of carbonyl (C=O) groups is 1. The van der Waals surface area contributed by atoms with Gasteiger partial charge in [0.1, 0.15) is 11.4 Å². The molecular formula is C21H22N4O3. The maximum atomic E-state index is 12.4. The van der Waals surface area contributed by atoms with Crippen molar-refractivity contribution in [1.29, 1.82) is 0 Å². The standard InChI is InChI=1S/C21H22N4O3/c1-16-5-2-3-6-18(16)28-15-21(26)25-12-10-24(11-13-25)20-9-8-17(22-23-20)19-7-4-14-27-19/h2-9,14H,10-13,15H2,1H3. The van der Waals surface area contributed by atoms with Gasteiger partial charge in [-0.05, 0) is 42.8 Å². The van der Waals surface area contributed by atoms with Crippen LogP contribution in [0.3, 0.4) is 0 Å². The summed E-state index contributed by atoms with van der Waals surface area (Å²) >= 11 is 0. The van der Waals surface area contributed by atoms with Gasteiger partial charge in [-0.1, -0.05) is 18.2 Å². The third-order valence-electron chi connectivity index (χ3n) is 4.83. The summed E-state index contributed by atoms with van der Waals surface area (Å²) in [5.74, 6) is 2.25. The molecule has 3 heterocycles. The maximum Gasteiger partial charge on any atom is 0.260 e. The minimum absolute atomic E-state index is 0.00199. The van der Waals surface area contributed by atoms with E-state index in [1.54, 1.807) is 6.26 Å². The summed E-state index contributed by atoms with van der Waals surface area (Å²) in [6.45, 7) is 4.73. The van der Waals surface area contributed by atoms with Gasteiger partial charge in [0, 0.05) is 26.2 Å². The summed E-state index contributed by atoms with van der Waals surface area (Å²) in [6.07, 6.45) is 1.62. The fourth-order valence-corrected chi connectivity index (χ4v) is 3.18. The lowest BCUT2D eigenvalue weighted by Gasteiger charge is -2.35. The van der Waals surface area contributed by atoms with Crippen molar-refractivity contribution in [3.8, 4) is 17.2 Å². The summed E-state index contributed by atoms with van der Waals surface area (Å²) in [5.41, 5.74) is 1.73. The van der Waals surface area contributed by atoms with Crippen LogP contribution in [0.2, 0.25) is 0 Å². The van der Waals surface area contributed by atoms with Crippen molar-refractivity contribution >= 4 is 11.7 Å². The first-order valence-corrected chi connectivity index (χ1v) is 9.29. The molecule has 1 aliphatic heterocycles. The van der Waals surface area contributed by atoms with Crippen molar-refractivity contribution in [3.05, 3.63) is 60.4 Å². The second kappa shape index (κ2) is 8.12. The smallest absolute Gasteiger partial charge is 0.260 e. The van der Waals surface area contributed by atoms with Gasteiger partial charge in [-0.15, -0.1) is 10.2 Å². The topological polar surface area (TPSA) is 71.7 Å². The van der Waals surface area contributed by atoms with Crippen molar-refractivity contribution in [1.82, 2.24) is 15.1 Å². The Morgan fingerprint density at radius 2 is 1.86 bits per heavy atom. The molecule has 0 spiro atoms. The number of para-hydroxylation sites is 1. The average molecular weight is 378 g/mol. The van der Waals surface area contributed by atoms with Crippen LogP contribution in [0.15, 0.2) is 59.2 Å². The second-order valence-electron chi connectivity index (χ2n) is 6.68. The monoisotopic (exact) mass is 378 g/mol. The minimum Gasteiger partial charge on any atom is -0.484 e. The quantitative estimate of drug-likeness (QED) is 0.680. The van der Waals surface area contributed by atoms with Crippen molar-refractivity contribution in [3.63, 3.8) is 0 Å². The lowest BCUT2D eigenvalue weighted by molar-refractivity contribution is -0.133. The summed E-state index contributed by atoms with van der Waals surface area (Å²) < 4.78 is 11.0. The molecule has 144 valence electrons. The number of piperazine rings is 1. The van der Waals surface area contributed by atoms with Crippen LogP contribution in [0, 0.1) is 6.92 Å². The SMILES string of the molecule is Cc1ccccc1OCC(=O)N1CCN(c2ccc(-c3ccco3)nn2)CC1. The second-order valence-corrected chi connectivity index (χ2v) is 6.68. The molecule has 0 radical (unpaired) electrons. The average Bonchev–Trinajstić information content (AvgIpc) is 3.28. The molecule has 1 saturated heterocycles. The van der Waals surface area contributed by atoms with Gasteiger partial charge in [0.15, 0.2) is 18.2 Å². The Balaban J connectivity index is 1.29. The van der Waals surface area contributed by atoms with Gasteiger partial charge < -0.3 is 19.0 Å². The number of amides is 1. The highest BCUT2D eigenvalue weighted by Crippen LogP contribution is 2.20. The molecule has 0 unspecified atom stereocenters. The first-order valence-electron chi connectivity index (χ1n) is 9.29. The number of aromatic nitrogens is 2. The lowest BCUT2D eigenvalue weighted by atomic mass is 10.2. The van der Waals surface area contributed by atoms with Crippen LogP contribution >= 0.6 is 0 Å². The van der Waals surface area contributed by atoms with E-state index >= 15 is 0 Å². The first-order chi connectivity index (χ1) is 13.7. The van der Waals surface area contributed by atoms with Crippen LogP contribution in [-0.2, 0) is 4.79 Å². The molecule has 3 aromatic rings. The van der Waals surface area contributed by atoms with Crippen LogP contribution in [0.5, 0.6) is 5.75 Å². The molecule has 0 atom stereocenters. The van der Waals surface area contributed by atoms with Gasteiger partial charge >= 0.3 is 0 Å². The van der Waals surface area contributed by atoms with Gasteiger partial charge in [0.2, 0.25) is 0 Å². The molecule has 0 N–H and O–H groups in total. The summed E-state index contributed by atoms with van der Waals surface area (Å²) in [4.78, 5) is 16.4. The molecule has 0 aliphatic carbocycles. The van der Waals surface area contributed by atoms with Crippen molar-refractivity contribution in [2.24, 2.45) is 0 Å². The molecule has 4 rings (SSSR count). The third-order valence-corrected chi connectivity index (χ3v) is 4.83. The number of aryl methyl sites for hydroxylation is 1. The van der Waals surface area contributed by atoms with E-state index in [4.69, 9.17) is 9.15 Å². The highest BCUT2D eigenvalue weighted by Gasteiger charge is 2.22. The zero-order valence-electron chi connectivity index (χ0n) is 15.7. The molecular weight excluding hydrogens is 356 g/mol. The summed E-state index contributed by atoms with van der Waals surface area (Å²) in [7, 11) is 0. The highest BCUT2D eigenvalue weighted by molar-refractivity contribution is 5.78. The van der Waals surface area contributed by atoms with E-state index in [1.807, 2.05) is 60.4 Å². The van der Waals surface area contributed by atoms with E-state index < -0.39 is 0 Å². The zero-order valence-corrected chi connectivity index (χ0v) is 15.7. The molecule has 1 fully saturated rings. The zero-order chi connectivity index (χ0) is 19.3. The fraction of sp³-hybridized carbons (Fsp3) is 0.286. The number of hydrogen-bond acceptors (Lipinski definition) is 6. The van der Waals surface area contributed by atoms with E-state index in [9.17, 15) is 4.79 Å². The maximum absolute atomic E-state index is 12.4. The van der Waals surface area contributed by atoms with Crippen molar-refractivity contribution in [2.75, 3.05) is 37.7 Å². The Bertz CT molecular complexity index is 917. The van der Waals surface area contributed by atoms with Crippen molar-refractivity contribution in [2.45, 2.75) is 6.92 Å². The first kappa shape index (κ1) is 18.0. The number of nitrogens with zero attached hydrogens (tertiary/aromatic N) is 4. The van der Waals surface area contributed by atoms with Crippen LogP contribution in [0.25, 0.3) is 11.5 Å². The number of ether oxygens (including phenoxy) is 1. The van der Waals surface area contributed by atoms with E-state index in [0.717, 1.165) is 17.1 Å². The number of hydrogen-bond donors (Lipinski definition) is 0. The lowest BCUT2D eigenvalue weighted by Crippen LogP contribution is -2.50. The molecule has 1 amide bonds. The molecule has 28 heavy (non-hydrogen) atoms. The number of rotatable bonds is 5. The van der Waals surface area contributed by atoms with Crippen LogP contribution in [-0.4, -0.2) is 53.8 Å². The number of anilines is 1. The molecule has 0 bridgehead atoms. The molecule has 0 saturated carbocycles. The van der Waals surface area contributed by atoms with Crippen LogP contribution in [0.4, 0.5) is 5.82 Å². The number of benzene rings is 1. The van der Waals surface area contributed by atoms with Crippen LogP contribution < -0.4 is 9.64 Å². The van der Waals surface area contributed by atoms with E-state index in [-0.39, 0.29) is 12.5 Å². The Morgan fingerprint density at radius 1 is 1.04 bits per heavy atom. The molecule has 7 heteroatoms. The van der Waals surface area contributed by atoms with Gasteiger partial charge in [0.05, 0.1) is 6.26 Å². The van der Waals surface area contributed by atoms with Crippen LogP contribution in [0.1, 0.15) is 5.56 Å². The predicted octanol–water partition coefficient (Wildman–Crippen LogP) is 2.77. The van der Waals surface area contributed by atoms with E-state index in [0.29, 0.717) is 37.6 Å². The Kier molecular flexibility index (Phi) is 5.23. The van der Waals surface area contributed by atoms with Gasteiger partial charge in [-0.2, -0.15) is 0 Å². The number of carbonyl (C=O) groups excluding carboxylic acids is 1. The Morgan fingerprint density at radius 3 is 2.54 bits per heavy atom. The van der Waals surface area contributed by atoms with E-state index in [2.05, 4.69) is 15.1 Å². The van der Waals surface area contributed by atoms with Gasteiger partial charge in [0.25, 0.3) is 5.91 Å².